The quantitative estimate of drug-likeness (QED) is 0.856. The molecule has 1 aromatic carbocycles. The lowest BCUT2D eigenvalue weighted by molar-refractivity contribution is -0.125. The van der Waals surface area contributed by atoms with E-state index in [4.69, 9.17) is 0 Å². The highest BCUT2D eigenvalue weighted by Crippen LogP contribution is 2.21. The number of nitrogens with one attached hydrogen (secondary N) is 1. The lowest BCUT2D eigenvalue weighted by atomic mass is 10.0. The normalized spacial score (nSPS) is 18.3. The molecule has 1 heterocycles. The molecule has 1 amide bonds. The Morgan fingerprint density at radius 2 is 1.83 bits per heavy atom. The summed E-state index contributed by atoms with van der Waals surface area (Å²) in [5.41, 5.74) is 1.04. The highest BCUT2D eigenvalue weighted by molar-refractivity contribution is 7.89. The molecule has 24 heavy (non-hydrogen) atoms. The van der Waals surface area contributed by atoms with E-state index in [1.807, 2.05) is 26.0 Å². The molecule has 5 nitrogen and oxygen atoms in total. The van der Waals surface area contributed by atoms with E-state index in [-0.39, 0.29) is 17.9 Å². The minimum absolute atomic E-state index is 0.0179. The fraction of sp³-hybridized carbons (Fsp3) is 0.611. The number of benzene rings is 1. The van der Waals surface area contributed by atoms with Crippen molar-refractivity contribution in [1.29, 1.82) is 0 Å². The van der Waals surface area contributed by atoms with Gasteiger partial charge in [-0.05, 0) is 38.3 Å². The fourth-order valence-electron chi connectivity index (χ4n) is 3.01. The van der Waals surface area contributed by atoms with E-state index in [2.05, 4.69) is 12.2 Å². The second-order valence-electron chi connectivity index (χ2n) is 6.69. The number of carbonyl (C=O) groups is 1. The number of aryl methyl sites for hydroxylation is 1. The van der Waals surface area contributed by atoms with Crippen molar-refractivity contribution < 1.29 is 13.2 Å². The van der Waals surface area contributed by atoms with Crippen LogP contribution in [0, 0.1) is 12.8 Å². The number of hydrogen-bond donors (Lipinski definition) is 1. The van der Waals surface area contributed by atoms with Crippen molar-refractivity contribution in [2.24, 2.45) is 5.92 Å². The van der Waals surface area contributed by atoms with Gasteiger partial charge in [0, 0.05) is 25.0 Å². The van der Waals surface area contributed by atoms with E-state index in [9.17, 15) is 13.2 Å². The Labute approximate surface area is 145 Å². The Balaban J connectivity index is 1.92. The molecule has 0 aliphatic carbocycles. The maximum Gasteiger partial charge on any atom is 0.243 e. The Bertz CT molecular complexity index is 647. The summed E-state index contributed by atoms with van der Waals surface area (Å²) in [6, 6.07) is 7.01. The minimum atomic E-state index is -3.44. The van der Waals surface area contributed by atoms with Crippen LogP contribution in [0.1, 0.15) is 45.1 Å². The molecule has 0 saturated carbocycles. The third-order valence-electron chi connectivity index (χ3n) is 4.63. The number of nitrogens with zero attached hydrogens (tertiary/aromatic N) is 1. The monoisotopic (exact) mass is 352 g/mol. The molecule has 1 aromatic rings. The zero-order chi connectivity index (χ0) is 17.7. The van der Waals surface area contributed by atoms with Crippen LogP contribution in [0.15, 0.2) is 29.2 Å². The minimum Gasteiger partial charge on any atom is -0.353 e. The summed E-state index contributed by atoms with van der Waals surface area (Å²) in [6.45, 7) is 6.84. The summed E-state index contributed by atoms with van der Waals surface area (Å²) < 4.78 is 26.8. The predicted octanol–water partition coefficient (Wildman–Crippen LogP) is 2.70. The van der Waals surface area contributed by atoms with Gasteiger partial charge in [-0.15, -0.1) is 0 Å². The van der Waals surface area contributed by atoms with E-state index in [0.29, 0.717) is 30.8 Å². The third-order valence-corrected chi connectivity index (χ3v) is 6.54. The first-order valence-electron chi connectivity index (χ1n) is 8.71. The highest BCUT2D eigenvalue weighted by atomic mass is 32.2. The SMILES string of the molecule is CCCC(C)C(=O)NC1CCN(S(=O)(=O)c2ccc(C)cc2)CC1. The van der Waals surface area contributed by atoms with E-state index in [1.165, 1.54) is 4.31 Å². The third kappa shape index (κ3) is 4.57. The van der Waals surface area contributed by atoms with Crippen LogP contribution in [0.2, 0.25) is 0 Å². The first-order valence-corrected chi connectivity index (χ1v) is 10.2. The van der Waals surface area contributed by atoms with Gasteiger partial charge in [0.15, 0.2) is 0 Å². The van der Waals surface area contributed by atoms with Gasteiger partial charge in [0.1, 0.15) is 0 Å². The van der Waals surface area contributed by atoms with Gasteiger partial charge in [-0.2, -0.15) is 4.31 Å². The summed E-state index contributed by atoms with van der Waals surface area (Å²) in [6.07, 6.45) is 3.19. The van der Waals surface area contributed by atoms with Gasteiger partial charge < -0.3 is 5.32 Å². The molecule has 1 N–H and O–H groups in total. The van der Waals surface area contributed by atoms with E-state index in [0.717, 1.165) is 18.4 Å². The molecule has 1 aliphatic heterocycles. The van der Waals surface area contributed by atoms with Gasteiger partial charge >= 0.3 is 0 Å². The molecule has 0 spiro atoms. The first kappa shape index (κ1) is 18.9. The van der Waals surface area contributed by atoms with Crippen LogP contribution in [0.25, 0.3) is 0 Å². The molecule has 0 aromatic heterocycles. The molecule has 6 heteroatoms. The summed E-state index contributed by atoms with van der Waals surface area (Å²) in [5.74, 6) is 0.0982. The largest absolute Gasteiger partial charge is 0.353 e. The van der Waals surface area contributed by atoms with Crippen molar-refractivity contribution in [1.82, 2.24) is 9.62 Å². The number of sulfonamides is 1. The average molecular weight is 353 g/mol. The molecule has 0 radical (unpaired) electrons. The van der Waals surface area contributed by atoms with Crippen molar-refractivity contribution >= 4 is 15.9 Å². The Morgan fingerprint density at radius 1 is 1.25 bits per heavy atom. The maximum absolute atomic E-state index is 12.7. The lowest BCUT2D eigenvalue weighted by Gasteiger charge is -2.32. The number of amides is 1. The smallest absolute Gasteiger partial charge is 0.243 e. The zero-order valence-corrected chi connectivity index (χ0v) is 15.6. The Morgan fingerprint density at radius 3 is 2.38 bits per heavy atom. The van der Waals surface area contributed by atoms with Crippen LogP contribution in [0.4, 0.5) is 0 Å². The zero-order valence-electron chi connectivity index (χ0n) is 14.8. The second-order valence-corrected chi connectivity index (χ2v) is 8.63. The number of hydrogen-bond acceptors (Lipinski definition) is 3. The number of piperidine rings is 1. The van der Waals surface area contributed by atoms with Crippen LogP contribution in [0.5, 0.6) is 0 Å². The topological polar surface area (TPSA) is 66.5 Å². The lowest BCUT2D eigenvalue weighted by Crippen LogP contribution is -2.47. The molecular weight excluding hydrogens is 324 g/mol. The molecule has 1 atom stereocenters. The molecule has 134 valence electrons. The van der Waals surface area contributed by atoms with Crippen LogP contribution in [-0.2, 0) is 14.8 Å². The standard InChI is InChI=1S/C18H28N2O3S/c1-4-5-15(3)18(21)19-16-10-12-20(13-11-16)24(22,23)17-8-6-14(2)7-9-17/h6-9,15-16H,4-5,10-13H2,1-3H3,(H,19,21). The predicted molar refractivity (Wildman–Crippen MR) is 95.2 cm³/mol. The van der Waals surface area contributed by atoms with Crippen LogP contribution < -0.4 is 5.32 Å². The second kappa shape index (κ2) is 8.12. The van der Waals surface area contributed by atoms with Crippen molar-refractivity contribution in [3.8, 4) is 0 Å². The average Bonchev–Trinajstić information content (AvgIpc) is 2.56. The van der Waals surface area contributed by atoms with E-state index in [1.54, 1.807) is 12.1 Å². The summed E-state index contributed by atoms with van der Waals surface area (Å²) in [4.78, 5) is 12.4. The molecule has 2 rings (SSSR count). The Kier molecular flexibility index (Phi) is 6.40. The maximum atomic E-state index is 12.7. The molecule has 1 fully saturated rings. The van der Waals surface area contributed by atoms with Crippen molar-refractivity contribution in [2.45, 2.75) is 57.4 Å². The van der Waals surface area contributed by atoms with Gasteiger partial charge in [-0.3, -0.25) is 4.79 Å². The summed E-state index contributed by atoms with van der Waals surface area (Å²) >= 11 is 0. The molecule has 1 unspecified atom stereocenters. The molecule has 1 aliphatic rings. The van der Waals surface area contributed by atoms with Gasteiger partial charge in [-0.1, -0.05) is 38.0 Å². The molecular formula is C18H28N2O3S. The molecule has 1 saturated heterocycles. The van der Waals surface area contributed by atoms with Gasteiger partial charge in [-0.25, -0.2) is 8.42 Å². The van der Waals surface area contributed by atoms with Crippen molar-refractivity contribution in [2.75, 3.05) is 13.1 Å². The van der Waals surface area contributed by atoms with Crippen LogP contribution in [-0.4, -0.2) is 37.8 Å². The van der Waals surface area contributed by atoms with Gasteiger partial charge in [0.05, 0.1) is 4.90 Å². The van der Waals surface area contributed by atoms with E-state index < -0.39 is 10.0 Å². The first-order chi connectivity index (χ1) is 11.3. The number of rotatable bonds is 6. The van der Waals surface area contributed by atoms with Gasteiger partial charge in [0.2, 0.25) is 15.9 Å². The Hall–Kier alpha value is -1.40. The highest BCUT2D eigenvalue weighted by Gasteiger charge is 2.30. The fourth-order valence-corrected chi connectivity index (χ4v) is 4.48. The van der Waals surface area contributed by atoms with E-state index >= 15 is 0 Å². The van der Waals surface area contributed by atoms with Gasteiger partial charge in [0.25, 0.3) is 0 Å². The van der Waals surface area contributed by atoms with Crippen LogP contribution >= 0.6 is 0 Å². The van der Waals surface area contributed by atoms with Crippen molar-refractivity contribution in [3.63, 3.8) is 0 Å². The summed E-state index contributed by atoms with van der Waals surface area (Å²) in [7, 11) is -3.44. The summed E-state index contributed by atoms with van der Waals surface area (Å²) in [5, 5.41) is 3.06. The number of carbonyl (C=O) groups excluding carboxylic acids is 1. The van der Waals surface area contributed by atoms with Crippen molar-refractivity contribution in [3.05, 3.63) is 29.8 Å². The molecule has 0 bridgehead atoms. The van der Waals surface area contributed by atoms with Crippen LogP contribution in [0.3, 0.4) is 0 Å².